The zero-order valence-corrected chi connectivity index (χ0v) is 11.0. The van der Waals surface area contributed by atoms with Crippen LogP contribution in [-0.4, -0.2) is 38.6 Å². The Hall–Kier alpha value is -1.00. The molecule has 1 heterocycles. The maximum atomic E-state index is 14.1. The molecule has 100 valence electrons. The smallest absolute Gasteiger partial charge is 0.129 e. The fraction of sp³-hybridized carbons (Fsp3) is 0.571. The molecule has 0 unspecified atom stereocenters. The van der Waals surface area contributed by atoms with Gasteiger partial charge in [-0.3, -0.25) is 0 Å². The molecule has 0 atom stereocenters. The van der Waals surface area contributed by atoms with Crippen molar-refractivity contribution in [3.63, 3.8) is 0 Å². The van der Waals surface area contributed by atoms with E-state index in [2.05, 4.69) is 10.2 Å². The maximum Gasteiger partial charge on any atom is 0.129 e. The zero-order chi connectivity index (χ0) is 13.2. The standard InChI is InChI=1S/C14H20F2N2/c1-18(2)10-14(5-7-17-8-6-14)12-4-3-11(15)9-13(12)16/h3-4,9,17H,5-8,10H2,1-2H3. The average Bonchev–Trinajstić information content (AvgIpc) is 2.28. The van der Waals surface area contributed by atoms with Crippen LogP contribution in [0.4, 0.5) is 8.78 Å². The van der Waals surface area contributed by atoms with E-state index in [-0.39, 0.29) is 5.41 Å². The average molecular weight is 254 g/mol. The van der Waals surface area contributed by atoms with E-state index in [4.69, 9.17) is 0 Å². The Balaban J connectivity index is 2.38. The molecule has 0 aliphatic carbocycles. The van der Waals surface area contributed by atoms with Crippen molar-refractivity contribution in [3.8, 4) is 0 Å². The minimum Gasteiger partial charge on any atom is -0.317 e. The monoisotopic (exact) mass is 254 g/mol. The Bertz CT molecular complexity index is 412. The van der Waals surface area contributed by atoms with Gasteiger partial charge in [0.2, 0.25) is 0 Å². The SMILES string of the molecule is CN(C)CC1(c2ccc(F)cc2F)CCNCC1. The maximum absolute atomic E-state index is 14.1. The Morgan fingerprint density at radius 2 is 1.89 bits per heavy atom. The van der Waals surface area contributed by atoms with E-state index in [1.165, 1.54) is 6.07 Å². The van der Waals surface area contributed by atoms with E-state index in [0.717, 1.165) is 38.5 Å². The second kappa shape index (κ2) is 5.33. The molecule has 0 saturated carbocycles. The third kappa shape index (κ3) is 2.70. The van der Waals surface area contributed by atoms with Crippen molar-refractivity contribution in [2.45, 2.75) is 18.3 Å². The van der Waals surface area contributed by atoms with Gasteiger partial charge in [0.25, 0.3) is 0 Å². The van der Waals surface area contributed by atoms with Crippen molar-refractivity contribution in [1.82, 2.24) is 10.2 Å². The topological polar surface area (TPSA) is 15.3 Å². The van der Waals surface area contributed by atoms with Gasteiger partial charge in [-0.05, 0) is 51.7 Å². The lowest BCUT2D eigenvalue weighted by atomic mass is 9.72. The summed E-state index contributed by atoms with van der Waals surface area (Å²) >= 11 is 0. The van der Waals surface area contributed by atoms with E-state index in [1.54, 1.807) is 6.07 Å². The van der Waals surface area contributed by atoms with Crippen LogP contribution in [-0.2, 0) is 5.41 Å². The van der Waals surface area contributed by atoms with Crippen LogP contribution in [0.15, 0.2) is 18.2 Å². The van der Waals surface area contributed by atoms with E-state index in [1.807, 2.05) is 14.1 Å². The minimum atomic E-state index is -0.509. The van der Waals surface area contributed by atoms with Crippen molar-refractivity contribution in [2.24, 2.45) is 0 Å². The number of piperidine rings is 1. The fourth-order valence-corrected chi connectivity index (χ4v) is 2.94. The third-order valence-corrected chi connectivity index (χ3v) is 3.68. The predicted molar refractivity (Wildman–Crippen MR) is 68.7 cm³/mol. The first kappa shape index (κ1) is 13.4. The highest BCUT2D eigenvalue weighted by Gasteiger charge is 2.36. The summed E-state index contributed by atoms with van der Waals surface area (Å²) in [5.74, 6) is -0.927. The van der Waals surface area contributed by atoms with Crippen LogP contribution in [0.3, 0.4) is 0 Å². The summed E-state index contributed by atoms with van der Waals surface area (Å²) in [6, 6.07) is 3.96. The molecule has 0 aromatic heterocycles. The molecule has 0 bridgehead atoms. The molecule has 0 amide bonds. The van der Waals surface area contributed by atoms with Crippen molar-refractivity contribution in [3.05, 3.63) is 35.4 Å². The van der Waals surface area contributed by atoms with Gasteiger partial charge in [-0.2, -0.15) is 0 Å². The van der Waals surface area contributed by atoms with Crippen LogP contribution in [0, 0.1) is 11.6 Å². The second-order valence-electron chi connectivity index (χ2n) is 5.39. The summed E-state index contributed by atoms with van der Waals surface area (Å²) in [7, 11) is 3.98. The van der Waals surface area contributed by atoms with E-state index in [9.17, 15) is 8.78 Å². The lowest BCUT2D eigenvalue weighted by Gasteiger charge is -2.40. The normalized spacial score (nSPS) is 19.2. The first-order valence-electron chi connectivity index (χ1n) is 6.34. The predicted octanol–water partition coefficient (Wildman–Crippen LogP) is 2.15. The Morgan fingerprint density at radius 3 is 2.44 bits per heavy atom. The molecule has 4 heteroatoms. The van der Waals surface area contributed by atoms with Gasteiger partial charge in [-0.1, -0.05) is 6.07 Å². The largest absolute Gasteiger partial charge is 0.317 e. The lowest BCUT2D eigenvalue weighted by Crippen LogP contribution is -2.46. The molecule has 2 rings (SSSR count). The molecule has 1 aliphatic rings. The van der Waals surface area contributed by atoms with Crippen LogP contribution in [0.1, 0.15) is 18.4 Å². The van der Waals surface area contributed by atoms with Gasteiger partial charge in [0.1, 0.15) is 11.6 Å². The molecule has 1 aromatic carbocycles. The molecule has 0 radical (unpaired) electrons. The molecule has 1 saturated heterocycles. The second-order valence-corrected chi connectivity index (χ2v) is 5.39. The summed E-state index contributed by atoms with van der Waals surface area (Å²) in [5.41, 5.74) is 0.450. The molecule has 0 spiro atoms. The van der Waals surface area contributed by atoms with Crippen LogP contribution in [0.25, 0.3) is 0 Å². The van der Waals surface area contributed by atoms with E-state index < -0.39 is 11.6 Å². The van der Waals surface area contributed by atoms with Gasteiger partial charge < -0.3 is 10.2 Å². The molecule has 1 aliphatic heterocycles. The zero-order valence-electron chi connectivity index (χ0n) is 11.0. The first-order valence-corrected chi connectivity index (χ1v) is 6.34. The Kier molecular flexibility index (Phi) is 3.97. The summed E-state index contributed by atoms with van der Waals surface area (Å²) in [4.78, 5) is 2.08. The quantitative estimate of drug-likeness (QED) is 0.889. The van der Waals surface area contributed by atoms with Crippen molar-refractivity contribution >= 4 is 0 Å². The summed E-state index contributed by atoms with van der Waals surface area (Å²) in [5, 5.41) is 3.30. The Morgan fingerprint density at radius 1 is 1.22 bits per heavy atom. The highest BCUT2D eigenvalue weighted by Crippen LogP contribution is 2.35. The van der Waals surface area contributed by atoms with Crippen LogP contribution >= 0.6 is 0 Å². The van der Waals surface area contributed by atoms with Crippen molar-refractivity contribution in [2.75, 3.05) is 33.7 Å². The molecule has 2 nitrogen and oxygen atoms in total. The van der Waals surface area contributed by atoms with Gasteiger partial charge in [0.15, 0.2) is 0 Å². The van der Waals surface area contributed by atoms with Crippen LogP contribution in [0.2, 0.25) is 0 Å². The van der Waals surface area contributed by atoms with Crippen LogP contribution in [0.5, 0.6) is 0 Å². The number of hydrogen-bond donors (Lipinski definition) is 1. The summed E-state index contributed by atoms with van der Waals surface area (Å²) in [6.45, 7) is 2.55. The molecule has 1 fully saturated rings. The van der Waals surface area contributed by atoms with Crippen molar-refractivity contribution < 1.29 is 8.78 Å². The minimum absolute atomic E-state index is 0.202. The molecular formula is C14H20F2N2. The van der Waals surface area contributed by atoms with Gasteiger partial charge in [-0.15, -0.1) is 0 Å². The highest BCUT2D eigenvalue weighted by molar-refractivity contribution is 5.29. The van der Waals surface area contributed by atoms with Crippen LogP contribution < -0.4 is 5.32 Å². The molecule has 1 N–H and O–H groups in total. The third-order valence-electron chi connectivity index (χ3n) is 3.68. The lowest BCUT2D eigenvalue weighted by molar-refractivity contribution is 0.219. The van der Waals surface area contributed by atoms with Gasteiger partial charge in [0, 0.05) is 18.0 Å². The molecule has 18 heavy (non-hydrogen) atoms. The molecule has 1 aromatic rings. The molecular weight excluding hydrogens is 234 g/mol. The number of rotatable bonds is 3. The number of hydrogen-bond acceptors (Lipinski definition) is 2. The van der Waals surface area contributed by atoms with Gasteiger partial charge in [-0.25, -0.2) is 8.78 Å². The number of benzene rings is 1. The van der Waals surface area contributed by atoms with E-state index >= 15 is 0 Å². The summed E-state index contributed by atoms with van der Waals surface area (Å²) < 4.78 is 27.1. The first-order chi connectivity index (χ1) is 8.53. The summed E-state index contributed by atoms with van der Waals surface area (Å²) in [6.07, 6.45) is 1.77. The number of likely N-dealkylation sites (N-methyl/N-ethyl adjacent to an activating group) is 1. The fourth-order valence-electron chi connectivity index (χ4n) is 2.94. The van der Waals surface area contributed by atoms with E-state index in [0.29, 0.717) is 5.56 Å². The number of nitrogens with zero attached hydrogens (tertiary/aromatic N) is 1. The number of nitrogens with one attached hydrogen (secondary N) is 1. The highest BCUT2D eigenvalue weighted by atomic mass is 19.1. The van der Waals surface area contributed by atoms with Gasteiger partial charge in [0.05, 0.1) is 0 Å². The Labute approximate surface area is 107 Å². The van der Waals surface area contributed by atoms with Crippen molar-refractivity contribution in [1.29, 1.82) is 0 Å². The van der Waals surface area contributed by atoms with Gasteiger partial charge >= 0.3 is 0 Å². The number of halogens is 2.